The van der Waals surface area contributed by atoms with Crippen molar-refractivity contribution < 1.29 is 9.53 Å². The number of halogens is 2. The summed E-state index contributed by atoms with van der Waals surface area (Å²) >= 11 is 6.50. The molecule has 0 unspecified atom stereocenters. The van der Waals surface area contributed by atoms with Crippen LogP contribution in [0.2, 0.25) is 0 Å². The molecule has 4 nitrogen and oxygen atoms in total. The van der Waals surface area contributed by atoms with E-state index in [1.807, 2.05) is 6.07 Å². The molecule has 0 aliphatic heterocycles. The number of benzene rings is 1. The first kappa shape index (κ1) is 16.5. The fourth-order valence-electron chi connectivity index (χ4n) is 1.62. The lowest BCUT2D eigenvalue weighted by molar-refractivity contribution is 0.0465. The second-order valence-electron chi connectivity index (χ2n) is 3.95. The molecule has 19 heavy (non-hydrogen) atoms. The van der Waals surface area contributed by atoms with Crippen LogP contribution in [0.3, 0.4) is 0 Å². The Balaban J connectivity index is 2.54. The number of esters is 1. The Morgan fingerprint density at radius 3 is 2.58 bits per heavy atom. The van der Waals surface area contributed by atoms with Crippen LogP contribution in [-0.4, -0.2) is 37.1 Å². The van der Waals surface area contributed by atoms with Crippen LogP contribution in [0.1, 0.15) is 24.2 Å². The molecule has 0 atom stereocenters. The molecule has 1 rings (SSSR count). The van der Waals surface area contributed by atoms with Crippen molar-refractivity contribution in [2.24, 2.45) is 0 Å². The molecule has 0 saturated heterocycles. The zero-order chi connectivity index (χ0) is 14.3. The fraction of sp³-hybridized carbons (Fsp3) is 0.462. The Morgan fingerprint density at radius 2 is 2.05 bits per heavy atom. The maximum atomic E-state index is 11.9. The lowest BCUT2D eigenvalue weighted by Crippen LogP contribution is -2.27. The minimum atomic E-state index is -0.305. The van der Waals surface area contributed by atoms with Gasteiger partial charge in [0.05, 0.1) is 5.56 Å². The molecule has 1 aromatic carbocycles. The van der Waals surface area contributed by atoms with Crippen molar-refractivity contribution >= 4 is 43.7 Å². The van der Waals surface area contributed by atoms with Crippen molar-refractivity contribution in [3.63, 3.8) is 0 Å². The molecule has 6 heteroatoms. The monoisotopic (exact) mass is 392 g/mol. The molecule has 0 heterocycles. The van der Waals surface area contributed by atoms with Crippen LogP contribution in [0.25, 0.3) is 0 Å². The number of carbonyl (C=O) groups excluding carboxylic acids is 1. The molecule has 0 saturated carbocycles. The summed E-state index contributed by atoms with van der Waals surface area (Å²) in [4.78, 5) is 14.1. The first-order valence-electron chi connectivity index (χ1n) is 6.18. The standard InChI is InChI=1S/C13H18Br2N2O2/c1-3-17(4-2)7-8-19-13(18)11-6-5-10(16-15)9-12(11)14/h5-6,9,16H,3-4,7-8H2,1-2H3. The van der Waals surface area contributed by atoms with Gasteiger partial charge in [0.1, 0.15) is 6.61 Å². The lowest BCUT2D eigenvalue weighted by atomic mass is 10.2. The number of anilines is 1. The van der Waals surface area contributed by atoms with Gasteiger partial charge in [-0.1, -0.05) is 13.8 Å². The normalized spacial score (nSPS) is 10.6. The first-order valence-corrected chi connectivity index (χ1v) is 7.76. The summed E-state index contributed by atoms with van der Waals surface area (Å²) in [6, 6.07) is 5.35. The molecule has 0 fully saturated rings. The van der Waals surface area contributed by atoms with Crippen LogP contribution in [0, 0.1) is 0 Å². The Morgan fingerprint density at radius 1 is 1.37 bits per heavy atom. The van der Waals surface area contributed by atoms with Crippen LogP contribution < -0.4 is 4.34 Å². The summed E-state index contributed by atoms with van der Waals surface area (Å²) < 4.78 is 8.82. The van der Waals surface area contributed by atoms with Crippen molar-refractivity contribution in [1.82, 2.24) is 4.90 Å². The summed E-state index contributed by atoms with van der Waals surface area (Å²) in [7, 11) is 0. The number of nitrogens with one attached hydrogen (secondary N) is 1. The summed E-state index contributed by atoms with van der Waals surface area (Å²) in [5.74, 6) is -0.305. The maximum absolute atomic E-state index is 11.9. The van der Waals surface area contributed by atoms with Gasteiger partial charge in [-0.3, -0.25) is 0 Å². The number of carbonyl (C=O) groups is 1. The number of hydrogen-bond donors (Lipinski definition) is 1. The minimum Gasteiger partial charge on any atom is -0.461 e. The zero-order valence-corrected chi connectivity index (χ0v) is 14.3. The number of rotatable bonds is 7. The highest BCUT2D eigenvalue weighted by Crippen LogP contribution is 2.23. The summed E-state index contributed by atoms with van der Waals surface area (Å²) in [5, 5.41) is 0. The van der Waals surface area contributed by atoms with Crippen molar-refractivity contribution in [2.75, 3.05) is 30.6 Å². The van der Waals surface area contributed by atoms with Crippen LogP contribution in [0.4, 0.5) is 5.69 Å². The van der Waals surface area contributed by atoms with E-state index in [2.05, 4.69) is 55.2 Å². The van der Waals surface area contributed by atoms with Gasteiger partial charge in [-0.05, 0) is 47.2 Å². The van der Waals surface area contributed by atoms with E-state index >= 15 is 0 Å². The van der Waals surface area contributed by atoms with Crippen LogP contribution in [-0.2, 0) is 4.74 Å². The van der Waals surface area contributed by atoms with E-state index < -0.39 is 0 Å². The Kier molecular flexibility index (Phi) is 7.41. The van der Waals surface area contributed by atoms with Gasteiger partial charge in [-0.2, -0.15) is 0 Å². The molecule has 1 aromatic rings. The average molecular weight is 394 g/mol. The van der Waals surface area contributed by atoms with E-state index in [9.17, 15) is 4.79 Å². The van der Waals surface area contributed by atoms with Gasteiger partial charge in [-0.15, -0.1) is 0 Å². The van der Waals surface area contributed by atoms with Gasteiger partial charge >= 0.3 is 5.97 Å². The molecular weight excluding hydrogens is 376 g/mol. The predicted molar refractivity (Wildman–Crippen MR) is 84.8 cm³/mol. The molecule has 0 aromatic heterocycles. The molecular formula is C13H18Br2N2O2. The van der Waals surface area contributed by atoms with E-state index in [4.69, 9.17) is 4.74 Å². The van der Waals surface area contributed by atoms with Crippen molar-refractivity contribution in [3.8, 4) is 0 Å². The topological polar surface area (TPSA) is 41.6 Å². The Bertz CT molecular complexity index is 423. The molecule has 1 N–H and O–H groups in total. The predicted octanol–water partition coefficient (Wildman–Crippen LogP) is 3.67. The molecule has 0 amide bonds. The van der Waals surface area contributed by atoms with Crippen molar-refractivity contribution in [2.45, 2.75) is 13.8 Å². The highest BCUT2D eigenvalue weighted by molar-refractivity contribution is 9.10. The second-order valence-corrected chi connectivity index (χ2v) is 5.20. The smallest absolute Gasteiger partial charge is 0.339 e. The van der Waals surface area contributed by atoms with E-state index in [-0.39, 0.29) is 5.97 Å². The minimum absolute atomic E-state index is 0.305. The largest absolute Gasteiger partial charge is 0.461 e. The van der Waals surface area contributed by atoms with Crippen molar-refractivity contribution in [1.29, 1.82) is 0 Å². The third-order valence-corrected chi connectivity index (χ3v) is 3.95. The third kappa shape index (κ3) is 5.12. The zero-order valence-electron chi connectivity index (χ0n) is 11.1. The Labute approximate surface area is 131 Å². The van der Waals surface area contributed by atoms with Gasteiger partial charge < -0.3 is 14.0 Å². The Hall–Kier alpha value is -0.590. The van der Waals surface area contributed by atoms with E-state index in [0.29, 0.717) is 16.6 Å². The quantitative estimate of drug-likeness (QED) is 0.566. The maximum Gasteiger partial charge on any atom is 0.339 e. The van der Waals surface area contributed by atoms with Gasteiger partial charge in [0.25, 0.3) is 0 Å². The molecule has 0 aliphatic carbocycles. The van der Waals surface area contributed by atoms with Crippen LogP contribution >= 0.6 is 32.1 Å². The molecule has 0 radical (unpaired) electrons. The number of hydrogen-bond acceptors (Lipinski definition) is 4. The van der Waals surface area contributed by atoms with Gasteiger partial charge in [0.15, 0.2) is 0 Å². The number of nitrogens with zero attached hydrogens (tertiary/aromatic N) is 1. The van der Waals surface area contributed by atoms with Gasteiger partial charge in [0, 0.05) is 32.9 Å². The number of ether oxygens (including phenoxy) is 1. The summed E-state index contributed by atoms with van der Waals surface area (Å²) in [6.07, 6.45) is 0. The SMILES string of the molecule is CCN(CC)CCOC(=O)c1ccc(NBr)cc1Br. The molecule has 0 aliphatic rings. The second kappa shape index (κ2) is 8.55. The van der Waals surface area contributed by atoms with Gasteiger partial charge in [-0.25, -0.2) is 4.79 Å². The van der Waals surface area contributed by atoms with Crippen LogP contribution in [0.5, 0.6) is 0 Å². The molecule has 106 valence electrons. The average Bonchev–Trinajstić information content (AvgIpc) is 2.43. The lowest BCUT2D eigenvalue weighted by Gasteiger charge is -2.17. The fourth-order valence-corrected chi connectivity index (χ4v) is 2.41. The third-order valence-electron chi connectivity index (χ3n) is 2.83. The molecule has 0 bridgehead atoms. The first-order chi connectivity index (χ1) is 9.12. The number of likely N-dealkylation sites (N-methyl/N-ethyl adjacent to an activating group) is 1. The highest BCUT2D eigenvalue weighted by Gasteiger charge is 2.12. The van der Waals surface area contributed by atoms with E-state index in [1.54, 1.807) is 12.1 Å². The van der Waals surface area contributed by atoms with Crippen LogP contribution in [0.15, 0.2) is 22.7 Å². The summed E-state index contributed by atoms with van der Waals surface area (Å²) in [5.41, 5.74) is 1.40. The molecule has 0 spiro atoms. The van der Waals surface area contributed by atoms with Gasteiger partial charge in [0.2, 0.25) is 0 Å². The van der Waals surface area contributed by atoms with E-state index in [0.717, 1.165) is 25.3 Å². The van der Waals surface area contributed by atoms with Crippen molar-refractivity contribution in [3.05, 3.63) is 28.2 Å². The highest BCUT2D eigenvalue weighted by atomic mass is 79.9. The van der Waals surface area contributed by atoms with E-state index in [1.165, 1.54) is 0 Å². The summed E-state index contributed by atoms with van der Waals surface area (Å²) in [6.45, 7) is 7.28.